The van der Waals surface area contributed by atoms with E-state index in [1.807, 2.05) is 58.0 Å². The summed E-state index contributed by atoms with van der Waals surface area (Å²) in [5, 5.41) is 2.85. The van der Waals surface area contributed by atoms with Gasteiger partial charge in [0.05, 0.1) is 13.2 Å². The van der Waals surface area contributed by atoms with E-state index in [1.165, 1.54) is 6.26 Å². The van der Waals surface area contributed by atoms with Gasteiger partial charge in [-0.25, -0.2) is 4.98 Å². The Labute approximate surface area is 172 Å². The van der Waals surface area contributed by atoms with Crippen LogP contribution in [0.3, 0.4) is 0 Å². The van der Waals surface area contributed by atoms with E-state index < -0.39 is 0 Å². The standard InChI is InChI=1S/C22H31N3O4/c1-5-16(3)23-22(27)19-14-29-20(24-19)12-25(17(4)6-2)21(26)15-28-13-18-10-8-7-9-11-18/h7-11,14,16-17H,5-6,12-13,15H2,1-4H3,(H,23,27)/t16-,17-/m0/s1. The maximum atomic E-state index is 12.7. The zero-order chi connectivity index (χ0) is 21.2. The highest BCUT2D eigenvalue weighted by atomic mass is 16.5. The minimum atomic E-state index is -0.276. The molecule has 2 rings (SSSR count). The van der Waals surface area contributed by atoms with Gasteiger partial charge in [0.15, 0.2) is 5.69 Å². The number of benzene rings is 1. The van der Waals surface area contributed by atoms with Gasteiger partial charge in [-0.1, -0.05) is 44.2 Å². The number of hydrogen-bond acceptors (Lipinski definition) is 5. The Bertz CT molecular complexity index is 775. The van der Waals surface area contributed by atoms with Crippen molar-refractivity contribution < 1.29 is 18.7 Å². The number of nitrogens with one attached hydrogen (secondary N) is 1. The Morgan fingerprint density at radius 2 is 1.90 bits per heavy atom. The third kappa shape index (κ3) is 7.02. The van der Waals surface area contributed by atoms with Crippen molar-refractivity contribution in [2.75, 3.05) is 6.61 Å². The van der Waals surface area contributed by atoms with Crippen LogP contribution < -0.4 is 5.32 Å². The summed E-state index contributed by atoms with van der Waals surface area (Å²) in [7, 11) is 0. The Morgan fingerprint density at radius 1 is 1.17 bits per heavy atom. The van der Waals surface area contributed by atoms with Crippen molar-refractivity contribution in [1.29, 1.82) is 0 Å². The second kappa shape index (κ2) is 11.4. The fourth-order valence-electron chi connectivity index (χ4n) is 2.66. The van der Waals surface area contributed by atoms with Gasteiger partial charge < -0.3 is 19.4 Å². The number of aromatic nitrogens is 1. The Morgan fingerprint density at radius 3 is 2.55 bits per heavy atom. The van der Waals surface area contributed by atoms with E-state index in [4.69, 9.17) is 9.15 Å². The van der Waals surface area contributed by atoms with Crippen LogP contribution in [0.1, 0.15) is 62.5 Å². The van der Waals surface area contributed by atoms with Crippen molar-refractivity contribution in [2.45, 2.75) is 65.8 Å². The first kappa shape index (κ1) is 22.6. The molecule has 0 radical (unpaired) electrons. The van der Waals surface area contributed by atoms with Crippen LogP contribution in [0.25, 0.3) is 0 Å². The number of hydrogen-bond donors (Lipinski definition) is 1. The molecule has 1 N–H and O–H groups in total. The zero-order valence-corrected chi connectivity index (χ0v) is 17.7. The lowest BCUT2D eigenvalue weighted by Crippen LogP contribution is -2.40. The highest BCUT2D eigenvalue weighted by molar-refractivity contribution is 5.92. The summed E-state index contributed by atoms with van der Waals surface area (Å²) in [5.41, 5.74) is 1.23. The summed E-state index contributed by atoms with van der Waals surface area (Å²) in [5.74, 6) is -0.0861. The molecule has 0 fully saturated rings. The quantitative estimate of drug-likeness (QED) is 0.622. The van der Waals surface area contributed by atoms with Crippen LogP contribution in [0.2, 0.25) is 0 Å². The number of ether oxygens (including phenoxy) is 1. The van der Waals surface area contributed by atoms with Crippen LogP contribution in [0, 0.1) is 0 Å². The van der Waals surface area contributed by atoms with Crippen molar-refractivity contribution in [2.24, 2.45) is 0 Å². The summed E-state index contributed by atoms with van der Waals surface area (Å²) in [6, 6.07) is 9.76. The van der Waals surface area contributed by atoms with Crippen molar-refractivity contribution >= 4 is 11.8 Å². The van der Waals surface area contributed by atoms with Crippen LogP contribution in [-0.4, -0.2) is 40.4 Å². The van der Waals surface area contributed by atoms with Gasteiger partial charge in [-0.2, -0.15) is 0 Å². The molecule has 1 aromatic heterocycles. The van der Waals surface area contributed by atoms with E-state index in [0.717, 1.165) is 18.4 Å². The molecule has 158 valence electrons. The van der Waals surface area contributed by atoms with Crippen molar-refractivity contribution in [3.05, 3.63) is 53.7 Å². The number of carbonyl (C=O) groups is 2. The van der Waals surface area contributed by atoms with Gasteiger partial charge in [0.1, 0.15) is 12.9 Å². The highest BCUT2D eigenvalue weighted by Crippen LogP contribution is 2.12. The molecule has 29 heavy (non-hydrogen) atoms. The summed E-state index contributed by atoms with van der Waals surface area (Å²) in [6.45, 7) is 8.44. The predicted molar refractivity (Wildman–Crippen MR) is 110 cm³/mol. The molecular weight excluding hydrogens is 370 g/mol. The largest absolute Gasteiger partial charge is 0.446 e. The fourth-order valence-corrected chi connectivity index (χ4v) is 2.66. The normalized spacial score (nSPS) is 13.0. The number of amides is 2. The van der Waals surface area contributed by atoms with E-state index in [-0.39, 0.29) is 42.7 Å². The molecular formula is C22H31N3O4. The summed E-state index contributed by atoms with van der Waals surface area (Å²) in [6.07, 6.45) is 2.94. The molecule has 1 aromatic carbocycles. The van der Waals surface area contributed by atoms with Crippen LogP contribution in [0.15, 0.2) is 41.0 Å². The Kier molecular flexibility index (Phi) is 8.86. The van der Waals surface area contributed by atoms with E-state index in [1.54, 1.807) is 4.90 Å². The first-order valence-electron chi connectivity index (χ1n) is 10.1. The molecule has 1 heterocycles. The average Bonchev–Trinajstić information content (AvgIpc) is 3.21. The van der Waals surface area contributed by atoms with E-state index in [0.29, 0.717) is 12.5 Å². The van der Waals surface area contributed by atoms with Crippen LogP contribution in [-0.2, 0) is 22.7 Å². The SMILES string of the molecule is CC[C@H](C)NC(=O)c1coc(CN(C(=O)COCc2ccccc2)[C@@H](C)CC)n1. The molecule has 7 heteroatoms. The predicted octanol–water partition coefficient (Wildman–Crippen LogP) is 3.55. The topological polar surface area (TPSA) is 84.7 Å². The molecule has 0 saturated carbocycles. The summed E-state index contributed by atoms with van der Waals surface area (Å²) < 4.78 is 11.0. The molecule has 0 unspecified atom stereocenters. The van der Waals surface area contributed by atoms with Gasteiger partial charge in [0, 0.05) is 12.1 Å². The molecule has 0 spiro atoms. The van der Waals surface area contributed by atoms with Gasteiger partial charge >= 0.3 is 0 Å². The number of rotatable bonds is 11. The Hall–Kier alpha value is -2.67. The molecule has 2 amide bonds. The maximum absolute atomic E-state index is 12.7. The molecule has 0 bridgehead atoms. The lowest BCUT2D eigenvalue weighted by atomic mass is 10.2. The van der Waals surface area contributed by atoms with Gasteiger partial charge in [-0.15, -0.1) is 0 Å². The van der Waals surface area contributed by atoms with Gasteiger partial charge in [0.2, 0.25) is 11.8 Å². The second-order valence-electron chi connectivity index (χ2n) is 7.17. The van der Waals surface area contributed by atoms with Crippen LogP contribution in [0.5, 0.6) is 0 Å². The van der Waals surface area contributed by atoms with Crippen LogP contribution in [0.4, 0.5) is 0 Å². The molecule has 2 aromatic rings. The molecule has 7 nitrogen and oxygen atoms in total. The fraction of sp³-hybridized carbons (Fsp3) is 0.500. The molecule has 0 aliphatic carbocycles. The van der Waals surface area contributed by atoms with Crippen molar-refractivity contribution in [3.63, 3.8) is 0 Å². The van der Waals surface area contributed by atoms with Crippen molar-refractivity contribution in [3.8, 4) is 0 Å². The number of oxazole rings is 1. The minimum Gasteiger partial charge on any atom is -0.446 e. The molecule has 2 atom stereocenters. The summed E-state index contributed by atoms with van der Waals surface area (Å²) >= 11 is 0. The van der Waals surface area contributed by atoms with E-state index >= 15 is 0 Å². The Balaban J connectivity index is 1.96. The van der Waals surface area contributed by atoms with Crippen LogP contribution >= 0.6 is 0 Å². The number of carbonyl (C=O) groups excluding carboxylic acids is 2. The first-order valence-corrected chi connectivity index (χ1v) is 10.1. The third-order valence-corrected chi connectivity index (χ3v) is 4.86. The summed E-state index contributed by atoms with van der Waals surface area (Å²) in [4.78, 5) is 30.8. The average molecular weight is 402 g/mol. The van der Waals surface area contributed by atoms with Gasteiger partial charge in [-0.3, -0.25) is 9.59 Å². The van der Waals surface area contributed by atoms with E-state index in [2.05, 4.69) is 10.3 Å². The van der Waals surface area contributed by atoms with E-state index in [9.17, 15) is 9.59 Å². The third-order valence-electron chi connectivity index (χ3n) is 4.86. The first-order chi connectivity index (χ1) is 13.9. The lowest BCUT2D eigenvalue weighted by molar-refractivity contribution is -0.139. The molecule has 0 aliphatic heterocycles. The monoisotopic (exact) mass is 401 g/mol. The second-order valence-corrected chi connectivity index (χ2v) is 7.17. The minimum absolute atomic E-state index is 0.00730. The lowest BCUT2D eigenvalue weighted by Gasteiger charge is -2.27. The molecule has 0 saturated heterocycles. The molecule has 0 aliphatic rings. The maximum Gasteiger partial charge on any atom is 0.273 e. The highest BCUT2D eigenvalue weighted by Gasteiger charge is 2.22. The van der Waals surface area contributed by atoms with Gasteiger partial charge in [0.25, 0.3) is 5.91 Å². The number of nitrogens with zero attached hydrogens (tertiary/aromatic N) is 2. The smallest absolute Gasteiger partial charge is 0.273 e. The zero-order valence-electron chi connectivity index (χ0n) is 17.7. The van der Waals surface area contributed by atoms with Crippen molar-refractivity contribution in [1.82, 2.24) is 15.2 Å². The van der Waals surface area contributed by atoms with Gasteiger partial charge in [-0.05, 0) is 32.3 Å².